The molecule has 29 heavy (non-hydrogen) atoms. The Bertz CT molecular complexity index is 1110. The molecule has 0 aliphatic carbocycles. The van der Waals surface area contributed by atoms with Crippen LogP contribution < -0.4 is 10.1 Å². The standard InChI is InChI=1S/C25H21NO3/c27-25(23(18-21-12-7-16-28-21)20-8-2-1-3-9-20)26-15-17-29-24-14-6-11-19-10-4-5-13-22(19)24/h1-14,16,18H,15,17H2,(H,26,27)/b23-18+. The van der Waals surface area contributed by atoms with Crippen molar-refractivity contribution in [3.63, 3.8) is 0 Å². The summed E-state index contributed by atoms with van der Waals surface area (Å²) < 4.78 is 11.3. The van der Waals surface area contributed by atoms with E-state index in [0.717, 1.165) is 22.1 Å². The summed E-state index contributed by atoms with van der Waals surface area (Å²) >= 11 is 0. The fraction of sp³-hybridized carbons (Fsp3) is 0.0800. The summed E-state index contributed by atoms with van der Waals surface area (Å²) in [6.07, 6.45) is 3.33. The van der Waals surface area contributed by atoms with E-state index < -0.39 is 0 Å². The molecule has 0 radical (unpaired) electrons. The molecule has 4 nitrogen and oxygen atoms in total. The zero-order valence-corrected chi connectivity index (χ0v) is 15.9. The largest absolute Gasteiger partial charge is 0.491 e. The summed E-state index contributed by atoms with van der Waals surface area (Å²) in [5.41, 5.74) is 1.38. The maximum Gasteiger partial charge on any atom is 0.252 e. The molecular weight excluding hydrogens is 362 g/mol. The minimum absolute atomic E-state index is 0.172. The fourth-order valence-electron chi connectivity index (χ4n) is 3.16. The maximum atomic E-state index is 12.8. The normalized spacial score (nSPS) is 11.4. The number of benzene rings is 3. The second-order valence-corrected chi connectivity index (χ2v) is 6.52. The van der Waals surface area contributed by atoms with Gasteiger partial charge in [-0.15, -0.1) is 0 Å². The van der Waals surface area contributed by atoms with Crippen LogP contribution in [0.3, 0.4) is 0 Å². The number of rotatable bonds is 7. The van der Waals surface area contributed by atoms with Gasteiger partial charge in [-0.2, -0.15) is 0 Å². The third-order valence-electron chi connectivity index (χ3n) is 4.55. The second kappa shape index (κ2) is 8.93. The SMILES string of the molecule is O=C(NCCOc1cccc2ccccc12)/C(=C/c1ccco1)c1ccccc1. The van der Waals surface area contributed by atoms with E-state index in [1.165, 1.54) is 0 Å². The Morgan fingerprint density at radius 3 is 2.52 bits per heavy atom. The molecule has 0 bridgehead atoms. The summed E-state index contributed by atoms with van der Waals surface area (Å²) in [7, 11) is 0. The van der Waals surface area contributed by atoms with E-state index in [1.807, 2.05) is 66.7 Å². The van der Waals surface area contributed by atoms with E-state index in [9.17, 15) is 4.79 Å². The van der Waals surface area contributed by atoms with Crippen LogP contribution in [0.2, 0.25) is 0 Å². The monoisotopic (exact) mass is 383 g/mol. The van der Waals surface area contributed by atoms with Crippen LogP contribution in [0.4, 0.5) is 0 Å². The molecular formula is C25H21NO3. The van der Waals surface area contributed by atoms with Gasteiger partial charge in [-0.1, -0.05) is 66.7 Å². The highest BCUT2D eigenvalue weighted by molar-refractivity contribution is 6.24. The Morgan fingerprint density at radius 1 is 0.897 bits per heavy atom. The van der Waals surface area contributed by atoms with E-state index in [4.69, 9.17) is 9.15 Å². The van der Waals surface area contributed by atoms with Crippen LogP contribution >= 0.6 is 0 Å². The summed E-state index contributed by atoms with van der Waals surface area (Å²) in [6.45, 7) is 0.771. The molecule has 4 aromatic rings. The van der Waals surface area contributed by atoms with Crippen LogP contribution in [0.1, 0.15) is 11.3 Å². The van der Waals surface area contributed by atoms with Gasteiger partial charge >= 0.3 is 0 Å². The van der Waals surface area contributed by atoms with Gasteiger partial charge in [-0.3, -0.25) is 4.79 Å². The third kappa shape index (κ3) is 4.55. The van der Waals surface area contributed by atoms with E-state index in [1.54, 1.807) is 18.4 Å². The number of hydrogen-bond acceptors (Lipinski definition) is 3. The highest BCUT2D eigenvalue weighted by Gasteiger charge is 2.12. The van der Waals surface area contributed by atoms with Crippen LogP contribution in [-0.4, -0.2) is 19.1 Å². The third-order valence-corrected chi connectivity index (χ3v) is 4.55. The van der Waals surface area contributed by atoms with Crippen LogP contribution in [0.5, 0.6) is 5.75 Å². The molecule has 0 aliphatic heterocycles. The van der Waals surface area contributed by atoms with Gasteiger partial charge in [0.25, 0.3) is 5.91 Å². The number of carbonyl (C=O) groups excluding carboxylic acids is 1. The average Bonchev–Trinajstić information content (AvgIpc) is 3.29. The first kappa shape index (κ1) is 18.6. The Balaban J connectivity index is 1.42. The molecule has 4 rings (SSSR count). The van der Waals surface area contributed by atoms with E-state index in [0.29, 0.717) is 24.5 Å². The van der Waals surface area contributed by atoms with Crippen LogP contribution in [0.25, 0.3) is 22.4 Å². The minimum atomic E-state index is -0.172. The predicted octanol–water partition coefficient (Wildman–Crippen LogP) is 5.17. The predicted molar refractivity (Wildman–Crippen MR) is 115 cm³/mol. The van der Waals surface area contributed by atoms with Crippen LogP contribution in [0, 0.1) is 0 Å². The number of carbonyl (C=O) groups is 1. The van der Waals surface area contributed by atoms with Gasteiger partial charge in [0.2, 0.25) is 0 Å². The molecule has 0 fully saturated rings. The Hall–Kier alpha value is -3.79. The minimum Gasteiger partial charge on any atom is -0.491 e. The summed E-state index contributed by atoms with van der Waals surface area (Å²) in [4.78, 5) is 12.8. The van der Waals surface area contributed by atoms with Gasteiger partial charge in [-0.05, 0) is 35.2 Å². The highest BCUT2D eigenvalue weighted by Crippen LogP contribution is 2.25. The van der Waals surface area contributed by atoms with Crippen LogP contribution in [0.15, 0.2) is 95.6 Å². The molecule has 0 unspecified atom stereocenters. The van der Waals surface area contributed by atoms with E-state index in [-0.39, 0.29) is 5.91 Å². The lowest BCUT2D eigenvalue weighted by molar-refractivity contribution is -0.115. The number of hydrogen-bond donors (Lipinski definition) is 1. The molecule has 3 aromatic carbocycles. The van der Waals surface area contributed by atoms with Gasteiger partial charge < -0.3 is 14.5 Å². The maximum absolute atomic E-state index is 12.8. The smallest absolute Gasteiger partial charge is 0.252 e. The first-order valence-electron chi connectivity index (χ1n) is 9.51. The van der Waals surface area contributed by atoms with Crippen molar-refractivity contribution in [3.05, 3.63) is 103 Å². The molecule has 0 aliphatic rings. The molecule has 0 saturated heterocycles. The molecule has 0 atom stereocenters. The topological polar surface area (TPSA) is 51.5 Å². The molecule has 144 valence electrons. The van der Waals surface area contributed by atoms with Crippen molar-refractivity contribution in [1.29, 1.82) is 0 Å². The lowest BCUT2D eigenvalue weighted by atomic mass is 10.0. The molecule has 1 heterocycles. The average molecular weight is 383 g/mol. The Morgan fingerprint density at radius 2 is 1.69 bits per heavy atom. The highest BCUT2D eigenvalue weighted by atomic mass is 16.5. The fourth-order valence-corrected chi connectivity index (χ4v) is 3.16. The van der Waals surface area contributed by atoms with Crippen molar-refractivity contribution in [2.24, 2.45) is 0 Å². The number of nitrogens with one attached hydrogen (secondary N) is 1. The number of fused-ring (bicyclic) bond motifs is 1. The molecule has 1 N–H and O–H groups in total. The zero-order valence-electron chi connectivity index (χ0n) is 15.9. The van der Waals surface area contributed by atoms with E-state index in [2.05, 4.69) is 17.4 Å². The van der Waals surface area contributed by atoms with Gasteiger partial charge in [-0.25, -0.2) is 0 Å². The van der Waals surface area contributed by atoms with Gasteiger partial charge in [0.05, 0.1) is 18.4 Å². The Labute approximate surface area is 169 Å². The first-order valence-corrected chi connectivity index (χ1v) is 9.51. The molecule has 4 heteroatoms. The second-order valence-electron chi connectivity index (χ2n) is 6.52. The summed E-state index contributed by atoms with van der Waals surface area (Å²) in [5, 5.41) is 5.12. The van der Waals surface area contributed by atoms with Crippen molar-refractivity contribution in [2.45, 2.75) is 0 Å². The van der Waals surface area contributed by atoms with Crippen molar-refractivity contribution >= 4 is 28.3 Å². The van der Waals surface area contributed by atoms with Gasteiger partial charge in [0.1, 0.15) is 18.1 Å². The number of amides is 1. The van der Waals surface area contributed by atoms with Crippen LogP contribution in [-0.2, 0) is 4.79 Å². The summed E-state index contributed by atoms with van der Waals surface area (Å²) in [6, 6.07) is 27.2. The Kier molecular flexibility index (Phi) is 5.72. The van der Waals surface area contributed by atoms with Crippen molar-refractivity contribution in [2.75, 3.05) is 13.2 Å². The molecule has 1 amide bonds. The van der Waals surface area contributed by atoms with Gasteiger partial charge in [0, 0.05) is 5.39 Å². The molecule has 1 aromatic heterocycles. The van der Waals surface area contributed by atoms with Crippen molar-refractivity contribution in [1.82, 2.24) is 5.32 Å². The first-order chi connectivity index (χ1) is 14.3. The van der Waals surface area contributed by atoms with E-state index >= 15 is 0 Å². The zero-order chi connectivity index (χ0) is 19.9. The molecule has 0 saturated carbocycles. The summed E-state index contributed by atoms with van der Waals surface area (Å²) in [5.74, 6) is 1.27. The van der Waals surface area contributed by atoms with Crippen molar-refractivity contribution in [3.8, 4) is 5.75 Å². The van der Waals surface area contributed by atoms with Gasteiger partial charge in [0.15, 0.2) is 0 Å². The number of ether oxygens (including phenoxy) is 1. The lowest BCUT2D eigenvalue weighted by Gasteiger charge is -2.12. The quantitative estimate of drug-likeness (QED) is 0.354. The lowest BCUT2D eigenvalue weighted by Crippen LogP contribution is -2.28. The molecule has 0 spiro atoms. The number of furan rings is 1. The van der Waals surface area contributed by atoms with Crippen molar-refractivity contribution < 1.29 is 13.9 Å².